The largest absolute Gasteiger partial charge is 0.438 e. The molecule has 3 aromatic rings. The number of aliphatic hydroxyl groups is 1. The van der Waals surface area contributed by atoms with Gasteiger partial charge in [0.15, 0.2) is 5.16 Å². The number of rotatable bonds is 4. The number of aromatic nitrogens is 2. The minimum absolute atomic E-state index is 0.00216. The molecule has 0 saturated heterocycles. The summed E-state index contributed by atoms with van der Waals surface area (Å²) in [5, 5.41) is 14.9. The van der Waals surface area contributed by atoms with Crippen molar-refractivity contribution in [1.29, 1.82) is 0 Å². The van der Waals surface area contributed by atoms with Gasteiger partial charge < -0.3 is 5.11 Å². The van der Waals surface area contributed by atoms with Crippen molar-refractivity contribution in [1.82, 2.24) is 15.0 Å². The van der Waals surface area contributed by atoms with Crippen LogP contribution in [0.2, 0.25) is 5.02 Å². The van der Waals surface area contributed by atoms with Crippen LogP contribution in [0.15, 0.2) is 64.9 Å². The molecule has 0 bridgehead atoms. The predicted molar refractivity (Wildman–Crippen MR) is 119 cm³/mol. The van der Waals surface area contributed by atoms with Crippen molar-refractivity contribution in [3.8, 4) is 11.3 Å². The molecular weight excluding hydrogens is 496 g/mol. The summed E-state index contributed by atoms with van der Waals surface area (Å²) in [7, 11) is 0. The first-order chi connectivity index (χ1) is 16.0. The van der Waals surface area contributed by atoms with Crippen molar-refractivity contribution in [2.24, 2.45) is 5.10 Å². The smallest absolute Gasteiger partial charge is 0.362 e. The molecule has 1 atom stereocenters. The second-order valence-electron chi connectivity index (χ2n) is 7.29. The molecule has 0 saturated carbocycles. The van der Waals surface area contributed by atoms with Crippen LogP contribution in [0.1, 0.15) is 22.5 Å². The van der Waals surface area contributed by atoms with Crippen molar-refractivity contribution in [3.05, 3.63) is 76.7 Å². The minimum atomic E-state index is -5.21. The first-order valence-corrected chi connectivity index (χ1v) is 11.3. The molecule has 0 spiro atoms. The van der Waals surface area contributed by atoms with Crippen LogP contribution < -0.4 is 0 Å². The third-order valence-electron chi connectivity index (χ3n) is 5.06. The number of benzene rings is 2. The molecule has 0 aliphatic carbocycles. The molecule has 12 heteroatoms. The number of hydrazone groups is 1. The van der Waals surface area contributed by atoms with Gasteiger partial charge in [0.05, 0.1) is 17.8 Å². The van der Waals surface area contributed by atoms with Crippen molar-refractivity contribution in [3.63, 3.8) is 0 Å². The second kappa shape index (κ2) is 8.97. The first-order valence-electron chi connectivity index (χ1n) is 9.68. The van der Waals surface area contributed by atoms with E-state index in [1.54, 1.807) is 6.26 Å². The summed E-state index contributed by atoms with van der Waals surface area (Å²) >= 11 is 6.90. The zero-order valence-electron chi connectivity index (χ0n) is 17.3. The van der Waals surface area contributed by atoms with E-state index in [4.69, 9.17) is 11.6 Å². The molecule has 2 heterocycles. The van der Waals surface area contributed by atoms with Crippen LogP contribution in [0.25, 0.3) is 11.3 Å². The number of hydrogen-bond donors (Lipinski definition) is 1. The first kappa shape index (κ1) is 24.1. The maximum Gasteiger partial charge on any atom is 0.438 e. The van der Waals surface area contributed by atoms with Crippen molar-refractivity contribution < 1.29 is 27.5 Å². The van der Waals surface area contributed by atoms with E-state index in [2.05, 4.69) is 15.1 Å². The fourth-order valence-corrected chi connectivity index (χ4v) is 3.79. The topological polar surface area (TPSA) is 78.7 Å². The Balaban J connectivity index is 1.79. The number of alkyl halides is 3. The third kappa shape index (κ3) is 4.50. The van der Waals surface area contributed by atoms with Gasteiger partial charge in [-0.05, 0) is 54.3 Å². The fourth-order valence-electron chi connectivity index (χ4n) is 3.29. The molecule has 176 valence electrons. The third-order valence-corrected chi connectivity index (χ3v) is 5.86. The summed E-state index contributed by atoms with van der Waals surface area (Å²) in [4.78, 5) is 21.5. The van der Waals surface area contributed by atoms with Crippen molar-refractivity contribution in [2.45, 2.75) is 23.5 Å². The number of carbonyl (C=O) groups excluding carboxylic acids is 1. The van der Waals surface area contributed by atoms with E-state index in [0.29, 0.717) is 10.6 Å². The summed E-state index contributed by atoms with van der Waals surface area (Å²) in [6.07, 6.45) is -4.57. The number of amides is 1. The zero-order chi connectivity index (χ0) is 24.7. The normalized spacial score (nSPS) is 18.2. The van der Waals surface area contributed by atoms with Crippen LogP contribution in [-0.2, 0) is 0 Å². The standard InChI is InChI=1S/C22H15ClF4N4O2S/c1-34-20-28-16(12-4-8-15(24)9-5-12)10-17(29-20)19(32)31-21(33,22(25,26)27)11-18(30-31)13-2-6-14(23)7-3-13/h2-10,33H,11H2,1H3. The maximum absolute atomic E-state index is 13.9. The lowest BCUT2D eigenvalue weighted by molar-refractivity contribution is -0.297. The lowest BCUT2D eigenvalue weighted by Crippen LogP contribution is -2.56. The lowest BCUT2D eigenvalue weighted by Gasteiger charge is -2.32. The van der Waals surface area contributed by atoms with Gasteiger partial charge in [0.2, 0.25) is 0 Å². The second-order valence-corrected chi connectivity index (χ2v) is 8.50. The molecule has 34 heavy (non-hydrogen) atoms. The van der Waals surface area contributed by atoms with Gasteiger partial charge in [-0.3, -0.25) is 4.79 Å². The average Bonchev–Trinajstić information content (AvgIpc) is 3.18. The van der Waals surface area contributed by atoms with Gasteiger partial charge in [0.1, 0.15) is 11.5 Å². The number of thioether (sulfide) groups is 1. The highest BCUT2D eigenvalue weighted by Crippen LogP contribution is 2.42. The average molecular weight is 511 g/mol. The Morgan fingerprint density at radius 2 is 1.71 bits per heavy atom. The molecular formula is C22H15ClF4N4O2S. The van der Waals surface area contributed by atoms with Crippen LogP contribution >= 0.6 is 23.4 Å². The van der Waals surface area contributed by atoms with Crippen LogP contribution in [-0.4, -0.2) is 49.9 Å². The highest BCUT2D eigenvalue weighted by atomic mass is 35.5. The van der Waals surface area contributed by atoms with Crippen LogP contribution in [0.3, 0.4) is 0 Å². The zero-order valence-corrected chi connectivity index (χ0v) is 18.9. The monoisotopic (exact) mass is 510 g/mol. The highest BCUT2D eigenvalue weighted by Gasteiger charge is 2.63. The van der Waals surface area contributed by atoms with Gasteiger partial charge in [0.25, 0.3) is 11.6 Å². The van der Waals surface area contributed by atoms with Gasteiger partial charge in [-0.25, -0.2) is 14.4 Å². The summed E-state index contributed by atoms with van der Waals surface area (Å²) < 4.78 is 55.1. The Bertz CT molecular complexity index is 1270. The Morgan fingerprint density at radius 3 is 2.29 bits per heavy atom. The van der Waals surface area contributed by atoms with E-state index in [1.807, 2.05) is 0 Å². The van der Waals surface area contributed by atoms with Gasteiger partial charge >= 0.3 is 6.18 Å². The van der Waals surface area contributed by atoms with Crippen LogP contribution in [0.5, 0.6) is 0 Å². The Hall–Kier alpha value is -3.02. The van der Waals surface area contributed by atoms with Gasteiger partial charge in [-0.15, -0.1) is 0 Å². The quantitative estimate of drug-likeness (QED) is 0.298. The Kier molecular flexibility index (Phi) is 6.36. The molecule has 1 N–H and O–H groups in total. The molecule has 2 aromatic carbocycles. The maximum atomic E-state index is 13.9. The van der Waals surface area contributed by atoms with Gasteiger partial charge in [-0.2, -0.15) is 23.3 Å². The summed E-state index contributed by atoms with van der Waals surface area (Å²) in [5.74, 6) is -1.76. The fraction of sp³-hybridized carbons (Fsp3) is 0.182. The molecule has 1 aliphatic rings. The Morgan fingerprint density at radius 1 is 1.09 bits per heavy atom. The van der Waals surface area contributed by atoms with E-state index in [9.17, 15) is 27.5 Å². The van der Waals surface area contributed by atoms with Gasteiger partial charge in [-0.1, -0.05) is 35.5 Å². The van der Waals surface area contributed by atoms with E-state index >= 15 is 0 Å². The van der Waals surface area contributed by atoms with Crippen molar-refractivity contribution >= 4 is 35.0 Å². The summed E-state index contributed by atoms with van der Waals surface area (Å²) in [5.41, 5.74) is -3.27. The predicted octanol–water partition coefficient (Wildman–Crippen LogP) is 5.16. The Labute approximate surface area is 200 Å². The molecule has 1 aromatic heterocycles. The molecule has 6 nitrogen and oxygen atoms in total. The van der Waals surface area contributed by atoms with E-state index in [1.165, 1.54) is 54.6 Å². The molecule has 1 amide bonds. The highest BCUT2D eigenvalue weighted by molar-refractivity contribution is 7.98. The summed E-state index contributed by atoms with van der Waals surface area (Å²) in [6.45, 7) is 0. The van der Waals surface area contributed by atoms with Crippen LogP contribution in [0, 0.1) is 5.82 Å². The molecule has 1 aliphatic heterocycles. The summed E-state index contributed by atoms with van der Waals surface area (Å²) in [6, 6.07) is 12.2. The molecule has 0 radical (unpaired) electrons. The molecule has 1 unspecified atom stereocenters. The van der Waals surface area contributed by atoms with E-state index in [-0.39, 0.29) is 27.1 Å². The van der Waals surface area contributed by atoms with Crippen molar-refractivity contribution in [2.75, 3.05) is 6.26 Å². The van der Waals surface area contributed by atoms with Gasteiger partial charge in [0, 0.05) is 10.6 Å². The SMILES string of the molecule is CSc1nc(C(=O)N2N=C(c3ccc(Cl)cc3)CC2(O)C(F)(F)F)cc(-c2ccc(F)cc2)n1. The number of nitrogens with zero attached hydrogens (tertiary/aromatic N) is 4. The molecule has 4 rings (SSSR count). The number of carbonyl (C=O) groups is 1. The van der Waals surface area contributed by atoms with E-state index < -0.39 is 35.7 Å². The van der Waals surface area contributed by atoms with E-state index in [0.717, 1.165) is 11.8 Å². The van der Waals surface area contributed by atoms with Crippen LogP contribution in [0.4, 0.5) is 17.6 Å². The number of halogens is 5. The lowest BCUT2D eigenvalue weighted by atomic mass is 10.0. The molecule has 0 fully saturated rings. The minimum Gasteiger partial charge on any atom is -0.362 e. The number of hydrogen-bond acceptors (Lipinski definition) is 6.